The lowest BCUT2D eigenvalue weighted by Gasteiger charge is -2.17. The Bertz CT molecular complexity index is 850. The van der Waals surface area contributed by atoms with E-state index in [0.29, 0.717) is 18.2 Å². The minimum absolute atomic E-state index is 0.0419. The van der Waals surface area contributed by atoms with Crippen molar-refractivity contribution in [1.29, 1.82) is 0 Å². The molecule has 0 radical (unpaired) electrons. The highest BCUT2D eigenvalue weighted by molar-refractivity contribution is 5.92. The van der Waals surface area contributed by atoms with Gasteiger partial charge in [-0.3, -0.25) is 4.79 Å². The Kier molecular flexibility index (Phi) is 4.07. The Balaban J connectivity index is 1.43. The number of carbonyl (C=O) groups is 1. The molecule has 25 heavy (non-hydrogen) atoms. The van der Waals surface area contributed by atoms with E-state index in [2.05, 4.69) is 35.1 Å². The van der Waals surface area contributed by atoms with E-state index in [1.165, 1.54) is 6.33 Å². The molecule has 1 amide bonds. The molecular weight excluding hydrogens is 318 g/mol. The molecule has 1 unspecified atom stereocenters. The summed E-state index contributed by atoms with van der Waals surface area (Å²) in [6, 6.07) is 7.43. The molecule has 4 rings (SSSR count). The van der Waals surface area contributed by atoms with E-state index in [1.807, 2.05) is 24.4 Å². The molecule has 126 valence electrons. The minimum Gasteiger partial charge on any atom is -0.360 e. The van der Waals surface area contributed by atoms with Crippen molar-refractivity contribution < 1.29 is 4.79 Å². The minimum atomic E-state index is -0.185. The predicted molar refractivity (Wildman–Crippen MR) is 91.9 cm³/mol. The van der Waals surface area contributed by atoms with Crippen LogP contribution in [0.2, 0.25) is 0 Å². The first-order valence-electron chi connectivity index (χ1n) is 8.08. The van der Waals surface area contributed by atoms with Crippen LogP contribution in [0.15, 0.2) is 49.2 Å². The zero-order valence-electron chi connectivity index (χ0n) is 13.5. The molecule has 2 N–H and O–H groups in total. The van der Waals surface area contributed by atoms with E-state index in [-0.39, 0.29) is 11.9 Å². The summed E-state index contributed by atoms with van der Waals surface area (Å²) in [6.45, 7) is 1.47. The molecule has 0 aromatic carbocycles. The molecular formula is C17H17N7O. The van der Waals surface area contributed by atoms with E-state index in [4.69, 9.17) is 0 Å². The normalized spacial score (nSPS) is 16.8. The second-order valence-corrected chi connectivity index (χ2v) is 5.83. The summed E-state index contributed by atoms with van der Waals surface area (Å²) < 4.78 is 0. The van der Waals surface area contributed by atoms with Crippen molar-refractivity contribution in [3.8, 4) is 11.4 Å². The average Bonchev–Trinajstić information content (AvgIpc) is 3.35. The largest absolute Gasteiger partial charge is 0.360 e. The number of nitrogens with one attached hydrogen (secondary N) is 2. The summed E-state index contributed by atoms with van der Waals surface area (Å²) in [5.74, 6) is 0.487. The van der Waals surface area contributed by atoms with E-state index in [0.717, 1.165) is 24.4 Å². The third-order valence-electron chi connectivity index (χ3n) is 4.14. The van der Waals surface area contributed by atoms with Gasteiger partial charge in [-0.25, -0.2) is 19.9 Å². The van der Waals surface area contributed by atoms with Crippen molar-refractivity contribution in [3.05, 3.63) is 54.9 Å². The van der Waals surface area contributed by atoms with Crippen LogP contribution in [0, 0.1) is 0 Å². The first-order chi connectivity index (χ1) is 12.3. The van der Waals surface area contributed by atoms with Gasteiger partial charge in [-0.2, -0.15) is 0 Å². The summed E-state index contributed by atoms with van der Waals surface area (Å²) in [5, 5.41) is 3.00. The molecule has 0 aliphatic carbocycles. The van der Waals surface area contributed by atoms with Crippen molar-refractivity contribution in [2.75, 3.05) is 18.0 Å². The van der Waals surface area contributed by atoms with Gasteiger partial charge in [-0.1, -0.05) is 0 Å². The monoisotopic (exact) mass is 335 g/mol. The third kappa shape index (κ3) is 3.32. The fourth-order valence-electron chi connectivity index (χ4n) is 2.88. The highest BCUT2D eigenvalue weighted by Crippen LogP contribution is 2.20. The Morgan fingerprint density at radius 1 is 1.24 bits per heavy atom. The molecule has 0 saturated carbocycles. The Morgan fingerprint density at radius 2 is 2.20 bits per heavy atom. The number of hydrogen-bond acceptors (Lipinski definition) is 6. The molecule has 3 aromatic rings. The van der Waals surface area contributed by atoms with Gasteiger partial charge in [0.25, 0.3) is 5.91 Å². The van der Waals surface area contributed by atoms with E-state index < -0.39 is 0 Å². The maximum absolute atomic E-state index is 12.2. The van der Waals surface area contributed by atoms with Gasteiger partial charge in [0.05, 0.1) is 11.4 Å². The molecule has 1 aliphatic heterocycles. The summed E-state index contributed by atoms with van der Waals surface area (Å²) >= 11 is 0. The lowest BCUT2D eigenvalue weighted by Crippen LogP contribution is -2.37. The second-order valence-electron chi connectivity index (χ2n) is 5.83. The molecule has 1 aliphatic rings. The van der Waals surface area contributed by atoms with Gasteiger partial charge in [-0.15, -0.1) is 0 Å². The van der Waals surface area contributed by atoms with Gasteiger partial charge >= 0.3 is 0 Å². The van der Waals surface area contributed by atoms with E-state index in [1.54, 1.807) is 18.5 Å². The predicted octanol–water partition coefficient (Wildman–Crippen LogP) is 1.27. The smallest absolute Gasteiger partial charge is 0.270 e. The van der Waals surface area contributed by atoms with Gasteiger partial charge in [0.1, 0.15) is 12.0 Å². The molecule has 1 atom stereocenters. The van der Waals surface area contributed by atoms with Gasteiger partial charge < -0.3 is 15.2 Å². The van der Waals surface area contributed by atoms with Crippen molar-refractivity contribution in [3.63, 3.8) is 0 Å². The topological polar surface area (TPSA) is 99.7 Å². The molecule has 1 saturated heterocycles. The Morgan fingerprint density at radius 3 is 3.00 bits per heavy atom. The van der Waals surface area contributed by atoms with Crippen molar-refractivity contribution in [2.24, 2.45) is 0 Å². The first-order valence-corrected chi connectivity index (χ1v) is 8.08. The number of aromatic nitrogens is 5. The van der Waals surface area contributed by atoms with E-state index >= 15 is 0 Å². The van der Waals surface area contributed by atoms with Crippen molar-refractivity contribution >= 4 is 11.9 Å². The zero-order valence-corrected chi connectivity index (χ0v) is 13.5. The standard InChI is InChI=1S/C17H17N7O/c25-16(15-3-7-18-11-21-15)22-12-5-9-24(10-12)17-20-8-4-14(23-17)13-2-1-6-19-13/h1-4,6-8,11-12,19H,5,9-10H2,(H,22,25). The van der Waals surface area contributed by atoms with Crippen molar-refractivity contribution in [1.82, 2.24) is 30.2 Å². The van der Waals surface area contributed by atoms with Crippen LogP contribution in [0.4, 0.5) is 5.95 Å². The lowest BCUT2D eigenvalue weighted by molar-refractivity contribution is 0.0935. The van der Waals surface area contributed by atoms with Crippen LogP contribution in [0.3, 0.4) is 0 Å². The molecule has 8 heteroatoms. The van der Waals surface area contributed by atoms with Crippen LogP contribution in [-0.4, -0.2) is 50.0 Å². The SMILES string of the molecule is O=C(NC1CCN(c2nccc(-c3ccc[nH]3)n2)C1)c1ccncn1. The summed E-state index contributed by atoms with van der Waals surface area (Å²) in [5.41, 5.74) is 2.18. The number of carbonyl (C=O) groups excluding carboxylic acids is 1. The van der Waals surface area contributed by atoms with Gasteiger partial charge in [0.2, 0.25) is 5.95 Å². The summed E-state index contributed by atoms with van der Waals surface area (Å²) in [7, 11) is 0. The molecule has 0 spiro atoms. The van der Waals surface area contributed by atoms with Gasteiger partial charge in [-0.05, 0) is 30.7 Å². The van der Waals surface area contributed by atoms with Gasteiger partial charge in [0, 0.05) is 37.7 Å². The lowest BCUT2D eigenvalue weighted by atomic mass is 10.2. The second kappa shape index (κ2) is 6.68. The highest BCUT2D eigenvalue weighted by Gasteiger charge is 2.26. The fraction of sp³-hybridized carbons (Fsp3) is 0.235. The maximum Gasteiger partial charge on any atom is 0.270 e. The number of rotatable bonds is 4. The number of nitrogens with zero attached hydrogens (tertiary/aromatic N) is 5. The molecule has 8 nitrogen and oxygen atoms in total. The molecule has 1 fully saturated rings. The number of aromatic amines is 1. The number of H-pyrrole nitrogens is 1. The van der Waals surface area contributed by atoms with Crippen LogP contribution in [0.25, 0.3) is 11.4 Å². The maximum atomic E-state index is 12.2. The Hall–Kier alpha value is -3.29. The zero-order chi connectivity index (χ0) is 17.1. The van der Waals surface area contributed by atoms with Crippen molar-refractivity contribution in [2.45, 2.75) is 12.5 Å². The quantitative estimate of drug-likeness (QED) is 0.745. The molecule has 4 heterocycles. The summed E-state index contributed by atoms with van der Waals surface area (Å²) in [4.78, 5) is 34.2. The number of anilines is 1. The van der Waals surface area contributed by atoms with Crippen LogP contribution in [0.1, 0.15) is 16.9 Å². The number of amides is 1. The first kappa shape index (κ1) is 15.3. The average molecular weight is 335 g/mol. The van der Waals surface area contributed by atoms with Crippen LogP contribution in [-0.2, 0) is 0 Å². The van der Waals surface area contributed by atoms with Crippen LogP contribution < -0.4 is 10.2 Å². The third-order valence-corrected chi connectivity index (χ3v) is 4.14. The fourth-order valence-corrected chi connectivity index (χ4v) is 2.88. The Labute approximate surface area is 144 Å². The van der Waals surface area contributed by atoms with Gasteiger partial charge in [0.15, 0.2) is 0 Å². The number of hydrogen-bond donors (Lipinski definition) is 2. The van der Waals surface area contributed by atoms with Crippen LogP contribution >= 0.6 is 0 Å². The van der Waals surface area contributed by atoms with Crippen LogP contribution in [0.5, 0.6) is 0 Å². The highest BCUT2D eigenvalue weighted by atomic mass is 16.2. The van der Waals surface area contributed by atoms with E-state index in [9.17, 15) is 4.79 Å². The molecule has 0 bridgehead atoms. The molecule has 3 aromatic heterocycles. The summed E-state index contributed by atoms with van der Waals surface area (Å²) in [6.07, 6.45) is 7.39.